The van der Waals surface area contributed by atoms with Crippen LogP contribution in [0.3, 0.4) is 0 Å². The van der Waals surface area contributed by atoms with E-state index in [4.69, 9.17) is 10.5 Å². The first-order chi connectivity index (χ1) is 15.9. The first-order valence-electron chi connectivity index (χ1n) is 9.83. The van der Waals surface area contributed by atoms with Gasteiger partial charge in [0.15, 0.2) is 17.5 Å². The SMILES string of the molecule is C=C/C(F)=C(/CN=C(N)Nc1c(S)ccc(F)c1Oc1ccccc1-c1ccccc1)N=C.O.O.[HH].[HH]. The summed E-state index contributed by atoms with van der Waals surface area (Å²) in [6.45, 7) is 6.46. The third kappa shape index (κ3) is 7.24. The van der Waals surface area contributed by atoms with Gasteiger partial charge in [0.1, 0.15) is 17.3 Å². The number of rotatable bonds is 8. The predicted molar refractivity (Wildman–Crippen MR) is 145 cm³/mol. The third-order valence-corrected chi connectivity index (χ3v) is 4.94. The number of hydrogen-bond donors (Lipinski definition) is 3. The second-order valence-electron chi connectivity index (χ2n) is 6.72. The molecule has 0 heterocycles. The van der Waals surface area contributed by atoms with E-state index in [0.717, 1.165) is 17.2 Å². The quantitative estimate of drug-likeness (QED) is 0.168. The number of halogens is 2. The van der Waals surface area contributed by atoms with E-state index < -0.39 is 11.6 Å². The molecular weight excluding hydrogens is 474 g/mol. The highest BCUT2D eigenvalue weighted by Gasteiger charge is 2.17. The van der Waals surface area contributed by atoms with Gasteiger partial charge in [0.05, 0.1) is 12.2 Å². The number of ether oxygens (including phenoxy) is 1. The standard InChI is InChI=1S/C25H22F2N4OS.2H2O.2H2/c1-3-18(26)20(29-2)15-30-25(28)31-23-22(33)14-13-19(27)24(23)32-21-12-8-7-11-17(21)16-9-5-4-6-10-16;;;;/h3-14,33H,1-2,15H2,(H3,28,30,31);2*1H2;2*1H/b20-18+;;;;. The monoisotopic (exact) mass is 504 g/mol. The second-order valence-corrected chi connectivity index (χ2v) is 7.20. The number of guanidine groups is 1. The van der Waals surface area contributed by atoms with Crippen molar-refractivity contribution < 1.29 is 27.3 Å². The molecule has 0 aliphatic carbocycles. The molecule has 3 aromatic carbocycles. The Morgan fingerprint density at radius 2 is 1.74 bits per heavy atom. The zero-order valence-electron chi connectivity index (χ0n) is 18.6. The van der Waals surface area contributed by atoms with Crippen LogP contribution in [0.1, 0.15) is 2.85 Å². The maximum Gasteiger partial charge on any atom is 0.193 e. The Bertz CT molecular complexity index is 1250. The summed E-state index contributed by atoms with van der Waals surface area (Å²) in [4.78, 5) is 7.98. The highest BCUT2D eigenvalue weighted by atomic mass is 32.1. The molecule has 0 aliphatic rings. The summed E-state index contributed by atoms with van der Waals surface area (Å²) < 4.78 is 34.5. The highest BCUT2D eigenvalue weighted by molar-refractivity contribution is 7.80. The zero-order valence-corrected chi connectivity index (χ0v) is 19.5. The molecule has 3 rings (SSSR count). The van der Waals surface area contributed by atoms with Gasteiger partial charge in [0.25, 0.3) is 0 Å². The summed E-state index contributed by atoms with van der Waals surface area (Å²) in [5.74, 6) is -1.08. The molecule has 35 heavy (non-hydrogen) atoms. The number of nitrogens with one attached hydrogen (secondary N) is 1. The molecule has 0 fully saturated rings. The summed E-state index contributed by atoms with van der Waals surface area (Å²) in [6, 6.07) is 19.5. The van der Waals surface area contributed by atoms with E-state index in [1.54, 1.807) is 12.1 Å². The average molecular weight is 505 g/mol. The van der Waals surface area contributed by atoms with Crippen LogP contribution < -0.4 is 15.8 Å². The molecule has 0 saturated heterocycles. The molecule has 0 saturated carbocycles. The van der Waals surface area contributed by atoms with Crippen LogP contribution >= 0.6 is 12.6 Å². The number of thiol groups is 1. The van der Waals surface area contributed by atoms with Crippen molar-refractivity contribution >= 4 is 31.0 Å². The maximum atomic E-state index is 14.8. The van der Waals surface area contributed by atoms with Crippen LogP contribution in [0.15, 0.2) is 106 Å². The van der Waals surface area contributed by atoms with Crippen molar-refractivity contribution in [3.63, 3.8) is 0 Å². The van der Waals surface area contributed by atoms with Crippen molar-refractivity contribution in [1.29, 1.82) is 0 Å². The number of hydrogen-bond acceptors (Lipinski definition) is 4. The minimum atomic E-state index is -0.663. The topological polar surface area (TPSA) is 135 Å². The van der Waals surface area contributed by atoms with E-state index in [1.165, 1.54) is 12.1 Å². The van der Waals surface area contributed by atoms with E-state index in [1.807, 2.05) is 42.5 Å². The van der Waals surface area contributed by atoms with Crippen molar-refractivity contribution in [2.75, 3.05) is 11.9 Å². The molecule has 188 valence electrons. The minimum Gasteiger partial charge on any atom is -0.451 e. The molecule has 0 radical (unpaired) electrons. The Hall–Kier alpha value is -3.99. The number of benzene rings is 3. The van der Waals surface area contributed by atoms with Gasteiger partial charge in [-0.3, -0.25) is 4.99 Å². The Labute approximate surface area is 210 Å². The van der Waals surface area contributed by atoms with Crippen LogP contribution in [0.2, 0.25) is 0 Å². The van der Waals surface area contributed by atoms with Gasteiger partial charge in [-0.2, -0.15) is 0 Å². The van der Waals surface area contributed by atoms with Gasteiger partial charge in [0.2, 0.25) is 0 Å². The largest absolute Gasteiger partial charge is 0.451 e. The third-order valence-electron chi connectivity index (χ3n) is 4.57. The summed E-state index contributed by atoms with van der Waals surface area (Å²) in [5.41, 5.74) is 7.77. The van der Waals surface area contributed by atoms with Crippen molar-refractivity contribution in [2.45, 2.75) is 4.90 Å². The van der Waals surface area contributed by atoms with Crippen LogP contribution in [-0.2, 0) is 0 Å². The Morgan fingerprint density at radius 3 is 2.40 bits per heavy atom. The molecule has 0 bridgehead atoms. The first-order valence-corrected chi connectivity index (χ1v) is 10.3. The van der Waals surface area contributed by atoms with Gasteiger partial charge in [-0.1, -0.05) is 55.1 Å². The molecule has 0 aromatic heterocycles. The van der Waals surface area contributed by atoms with Gasteiger partial charge in [-0.25, -0.2) is 13.8 Å². The maximum absolute atomic E-state index is 14.8. The number of aliphatic imine (C=N–C) groups is 2. The van der Waals surface area contributed by atoms with Crippen molar-refractivity contribution in [1.82, 2.24) is 0 Å². The van der Waals surface area contributed by atoms with Crippen LogP contribution in [0.5, 0.6) is 11.5 Å². The number of anilines is 1. The Kier molecular flexibility index (Phi) is 11.3. The van der Waals surface area contributed by atoms with Gasteiger partial charge < -0.3 is 26.7 Å². The van der Waals surface area contributed by atoms with Crippen molar-refractivity contribution in [3.8, 4) is 22.6 Å². The van der Waals surface area contributed by atoms with E-state index in [-0.39, 0.29) is 43.4 Å². The summed E-state index contributed by atoms with van der Waals surface area (Å²) in [6.07, 6.45) is 0.998. The zero-order chi connectivity index (χ0) is 23.8. The molecule has 0 amide bonds. The lowest BCUT2D eigenvalue weighted by molar-refractivity contribution is 0.444. The lowest BCUT2D eigenvalue weighted by Gasteiger charge is -2.17. The fraction of sp³-hybridized carbons (Fsp3) is 0.0400. The predicted octanol–water partition coefficient (Wildman–Crippen LogP) is 5.21. The highest BCUT2D eigenvalue weighted by Crippen LogP contribution is 2.40. The lowest BCUT2D eigenvalue weighted by Crippen LogP contribution is -2.24. The normalized spacial score (nSPS) is 11.3. The van der Waals surface area contributed by atoms with Crippen LogP contribution in [0.25, 0.3) is 11.1 Å². The van der Waals surface area contributed by atoms with Crippen molar-refractivity contribution in [3.05, 3.63) is 96.7 Å². The van der Waals surface area contributed by atoms with E-state index >= 15 is 0 Å². The number of allylic oxidation sites excluding steroid dienone is 2. The Balaban J connectivity index is 0. The number of para-hydroxylation sites is 1. The number of nitrogens with two attached hydrogens (primary N) is 1. The summed E-state index contributed by atoms with van der Waals surface area (Å²) in [5, 5.41) is 2.79. The van der Waals surface area contributed by atoms with Gasteiger partial charge in [-0.15, -0.1) is 12.6 Å². The van der Waals surface area contributed by atoms with E-state index in [2.05, 4.69) is 41.2 Å². The average Bonchev–Trinajstić information content (AvgIpc) is 2.84. The first kappa shape index (κ1) is 29.0. The lowest BCUT2D eigenvalue weighted by atomic mass is 10.0. The molecule has 10 heteroatoms. The molecule has 0 atom stereocenters. The molecule has 7 nitrogen and oxygen atoms in total. The molecular formula is C25H30F2N4O3S. The fourth-order valence-electron chi connectivity index (χ4n) is 2.94. The van der Waals surface area contributed by atoms with Gasteiger partial charge in [-0.05, 0) is 36.6 Å². The smallest absolute Gasteiger partial charge is 0.193 e. The Morgan fingerprint density at radius 1 is 1.09 bits per heavy atom. The van der Waals surface area contributed by atoms with Gasteiger partial charge in [0, 0.05) is 13.3 Å². The summed E-state index contributed by atoms with van der Waals surface area (Å²) in [7, 11) is 0. The second kappa shape index (κ2) is 13.7. The number of nitrogens with zero attached hydrogens (tertiary/aromatic N) is 2. The van der Waals surface area contributed by atoms with Crippen LogP contribution in [0.4, 0.5) is 14.5 Å². The van der Waals surface area contributed by atoms with E-state index in [9.17, 15) is 8.78 Å². The van der Waals surface area contributed by atoms with Crippen molar-refractivity contribution in [2.24, 2.45) is 15.7 Å². The molecule has 7 N–H and O–H groups in total. The minimum absolute atomic E-state index is 0. The molecule has 0 aliphatic heterocycles. The molecule has 0 spiro atoms. The van der Waals surface area contributed by atoms with Crippen LogP contribution in [0, 0.1) is 5.82 Å². The fourth-order valence-corrected chi connectivity index (χ4v) is 3.17. The summed E-state index contributed by atoms with van der Waals surface area (Å²) >= 11 is 4.40. The van der Waals surface area contributed by atoms with Gasteiger partial charge >= 0.3 is 0 Å². The molecule has 3 aromatic rings. The van der Waals surface area contributed by atoms with E-state index in [0.29, 0.717) is 10.6 Å². The van der Waals surface area contributed by atoms with Crippen LogP contribution in [-0.4, -0.2) is 30.2 Å². The molecule has 0 unspecified atom stereocenters.